The summed E-state index contributed by atoms with van der Waals surface area (Å²) in [6.07, 6.45) is 2.19. The van der Waals surface area contributed by atoms with Gasteiger partial charge in [-0.2, -0.15) is 0 Å². The molecule has 1 unspecified atom stereocenters. The summed E-state index contributed by atoms with van der Waals surface area (Å²) in [6.45, 7) is 1.61. The van der Waals surface area contributed by atoms with Crippen molar-refractivity contribution < 1.29 is 23.8 Å². The molecule has 7 heteroatoms. The molecule has 2 amide bonds. The molecule has 1 aliphatic heterocycles. The van der Waals surface area contributed by atoms with Gasteiger partial charge in [-0.1, -0.05) is 42.5 Å². The smallest absolute Gasteiger partial charge is 0.273 e. The van der Waals surface area contributed by atoms with Crippen LogP contribution in [-0.2, 0) is 11.3 Å². The average Bonchev–Trinajstić information content (AvgIpc) is 3.39. The maximum absolute atomic E-state index is 12.6. The number of rotatable bonds is 8. The lowest BCUT2D eigenvalue weighted by molar-refractivity contribution is 0.0679. The summed E-state index contributed by atoms with van der Waals surface area (Å²) in [5.74, 6) is 0.191. The molecule has 4 rings (SSSR count). The average molecular weight is 447 g/mol. The van der Waals surface area contributed by atoms with Crippen molar-refractivity contribution in [2.24, 2.45) is 0 Å². The predicted molar refractivity (Wildman–Crippen MR) is 123 cm³/mol. The van der Waals surface area contributed by atoms with Gasteiger partial charge in [0.2, 0.25) is 0 Å². The van der Waals surface area contributed by atoms with Gasteiger partial charge < -0.3 is 14.2 Å². The van der Waals surface area contributed by atoms with Gasteiger partial charge in [0.25, 0.3) is 11.8 Å². The normalized spacial score (nSPS) is 15.0. The quantitative estimate of drug-likeness (QED) is 0.513. The van der Waals surface area contributed by atoms with Crippen LogP contribution in [0, 0.1) is 0 Å². The molecule has 0 aromatic heterocycles. The minimum absolute atomic E-state index is 0.128. The molecule has 0 radical (unpaired) electrons. The first-order chi connectivity index (χ1) is 16.2. The highest BCUT2D eigenvalue weighted by molar-refractivity contribution is 6.00. The Hall–Kier alpha value is -3.84. The van der Waals surface area contributed by atoms with Gasteiger partial charge in [0, 0.05) is 12.2 Å². The highest BCUT2D eigenvalue weighted by Gasteiger charge is 2.16. The number of ether oxygens (including phenoxy) is 3. The molecule has 1 atom stereocenters. The van der Waals surface area contributed by atoms with E-state index in [2.05, 4.69) is 10.9 Å². The lowest BCUT2D eigenvalue weighted by Gasteiger charge is -2.13. The number of amides is 2. The van der Waals surface area contributed by atoms with Gasteiger partial charge in [0.15, 0.2) is 0 Å². The van der Waals surface area contributed by atoms with Gasteiger partial charge in [-0.15, -0.1) is 0 Å². The summed E-state index contributed by atoms with van der Waals surface area (Å²) in [7, 11) is 0. The summed E-state index contributed by atoms with van der Waals surface area (Å²) in [5, 5.41) is 0. The molecule has 2 N–H and O–H groups in total. The summed E-state index contributed by atoms with van der Waals surface area (Å²) < 4.78 is 17.1. The van der Waals surface area contributed by atoms with Crippen molar-refractivity contribution in [3.63, 3.8) is 0 Å². The second-order valence-electron chi connectivity index (χ2n) is 7.65. The summed E-state index contributed by atoms with van der Waals surface area (Å²) in [6, 6.07) is 23.3. The van der Waals surface area contributed by atoms with Crippen LogP contribution in [0.15, 0.2) is 78.9 Å². The third kappa shape index (κ3) is 6.33. The Kier molecular flexibility index (Phi) is 7.56. The Morgan fingerprint density at radius 1 is 0.848 bits per heavy atom. The topological polar surface area (TPSA) is 85.9 Å². The third-order valence-corrected chi connectivity index (χ3v) is 5.23. The van der Waals surface area contributed by atoms with E-state index in [4.69, 9.17) is 14.2 Å². The van der Waals surface area contributed by atoms with Gasteiger partial charge in [-0.25, -0.2) is 0 Å². The number of hydrogen-bond acceptors (Lipinski definition) is 5. The van der Waals surface area contributed by atoms with Crippen molar-refractivity contribution >= 4 is 11.8 Å². The first-order valence-corrected chi connectivity index (χ1v) is 10.9. The summed E-state index contributed by atoms with van der Waals surface area (Å²) >= 11 is 0. The molecule has 1 aliphatic rings. The van der Waals surface area contributed by atoms with Gasteiger partial charge in [-0.3, -0.25) is 20.4 Å². The summed E-state index contributed by atoms with van der Waals surface area (Å²) in [4.78, 5) is 25.1. The molecule has 0 saturated carbocycles. The van der Waals surface area contributed by atoms with E-state index in [0.29, 0.717) is 35.8 Å². The second-order valence-corrected chi connectivity index (χ2v) is 7.65. The minimum Gasteiger partial charge on any atom is -0.491 e. The lowest BCUT2D eigenvalue weighted by atomic mass is 10.2. The number of hydrazine groups is 1. The molecular formula is C26H26N2O5. The zero-order valence-corrected chi connectivity index (χ0v) is 18.2. The highest BCUT2D eigenvalue weighted by atomic mass is 16.5. The zero-order valence-electron chi connectivity index (χ0n) is 18.2. The lowest BCUT2D eigenvalue weighted by Crippen LogP contribution is -2.41. The first-order valence-electron chi connectivity index (χ1n) is 10.9. The molecule has 3 aromatic rings. The Bertz CT molecular complexity index is 1060. The van der Waals surface area contributed by atoms with Gasteiger partial charge in [-0.05, 0) is 54.8 Å². The number of nitrogens with one attached hydrogen (secondary N) is 2. The van der Waals surface area contributed by atoms with Crippen LogP contribution >= 0.6 is 0 Å². The van der Waals surface area contributed by atoms with Crippen LogP contribution in [-0.4, -0.2) is 31.1 Å². The largest absolute Gasteiger partial charge is 0.491 e. The predicted octanol–water partition coefficient (Wildman–Crippen LogP) is 3.90. The minimum atomic E-state index is -0.469. The van der Waals surface area contributed by atoms with Crippen LogP contribution in [0.1, 0.15) is 39.1 Å². The van der Waals surface area contributed by atoms with Crippen LogP contribution in [0.5, 0.6) is 11.5 Å². The maximum atomic E-state index is 12.6. The molecule has 0 bridgehead atoms. The summed E-state index contributed by atoms with van der Waals surface area (Å²) in [5.41, 5.74) is 6.60. The number of para-hydroxylation sites is 1. The Balaban J connectivity index is 1.29. The molecule has 1 fully saturated rings. The second kappa shape index (κ2) is 11.2. The van der Waals surface area contributed by atoms with Gasteiger partial charge in [0.1, 0.15) is 24.7 Å². The standard InChI is InChI=1S/C26H26N2O5/c29-25(20-12-14-21(15-13-20)32-18-22-9-6-16-31-22)27-28-26(30)23-10-4-5-11-24(23)33-17-19-7-2-1-3-8-19/h1-5,7-8,10-15,22H,6,9,16-18H2,(H,27,29)(H,28,30). The Labute approximate surface area is 192 Å². The van der Waals surface area contributed by atoms with Crippen molar-refractivity contribution in [3.8, 4) is 11.5 Å². The molecule has 170 valence electrons. The van der Waals surface area contributed by atoms with Gasteiger partial charge >= 0.3 is 0 Å². The van der Waals surface area contributed by atoms with Crippen LogP contribution in [0.2, 0.25) is 0 Å². The van der Waals surface area contributed by atoms with E-state index in [-0.39, 0.29) is 6.10 Å². The number of benzene rings is 3. The monoisotopic (exact) mass is 446 g/mol. The zero-order chi connectivity index (χ0) is 22.9. The highest BCUT2D eigenvalue weighted by Crippen LogP contribution is 2.20. The van der Waals surface area contributed by atoms with Gasteiger partial charge in [0.05, 0.1) is 11.7 Å². The molecule has 33 heavy (non-hydrogen) atoms. The Morgan fingerprint density at radius 3 is 2.33 bits per heavy atom. The molecule has 1 saturated heterocycles. The molecule has 0 spiro atoms. The Morgan fingerprint density at radius 2 is 1.58 bits per heavy atom. The van der Waals surface area contributed by atoms with Crippen molar-refractivity contribution in [1.82, 2.24) is 10.9 Å². The van der Waals surface area contributed by atoms with E-state index in [1.54, 1.807) is 48.5 Å². The molecule has 0 aliphatic carbocycles. The molecular weight excluding hydrogens is 420 g/mol. The third-order valence-electron chi connectivity index (χ3n) is 5.23. The fourth-order valence-electron chi connectivity index (χ4n) is 3.44. The molecule has 1 heterocycles. The van der Waals surface area contributed by atoms with E-state index in [0.717, 1.165) is 25.0 Å². The number of hydrogen-bond donors (Lipinski definition) is 2. The van der Waals surface area contributed by atoms with Crippen LogP contribution < -0.4 is 20.3 Å². The van der Waals surface area contributed by atoms with E-state index in [9.17, 15) is 9.59 Å². The van der Waals surface area contributed by atoms with Crippen LogP contribution in [0.25, 0.3) is 0 Å². The first kappa shape index (κ1) is 22.4. The van der Waals surface area contributed by atoms with Crippen molar-refractivity contribution in [1.29, 1.82) is 0 Å². The maximum Gasteiger partial charge on any atom is 0.273 e. The van der Waals surface area contributed by atoms with Crippen LogP contribution in [0.4, 0.5) is 0 Å². The van der Waals surface area contributed by atoms with Crippen molar-refractivity contribution in [3.05, 3.63) is 95.6 Å². The van der Waals surface area contributed by atoms with E-state index < -0.39 is 11.8 Å². The van der Waals surface area contributed by atoms with Crippen molar-refractivity contribution in [2.75, 3.05) is 13.2 Å². The van der Waals surface area contributed by atoms with Crippen molar-refractivity contribution in [2.45, 2.75) is 25.6 Å². The van der Waals surface area contributed by atoms with E-state index in [1.807, 2.05) is 30.3 Å². The fourth-order valence-corrected chi connectivity index (χ4v) is 3.44. The van der Waals surface area contributed by atoms with E-state index >= 15 is 0 Å². The van der Waals surface area contributed by atoms with E-state index in [1.165, 1.54) is 0 Å². The van der Waals surface area contributed by atoms with Crippen LogP contribution in [0.3, 0.4) is 0 Å². The molecule has 7 nitrogen and oxygen atoms in total. The fraction of sp³-hybridized carbons (Fsp3) is 0.231. The molecule has 3 aromatic carbocycles. The number of carbonyl (C=O) groups excluding carboxylic acids is 2. The number of carbonyl (C=O) groups is 2. The SMILES string of the molecule is O=C(NNC(=O)c1ccccc1OCc1ccccc1)c1ccc(OCC2CCCO2)cc1.